The molecule has 8 heteroatoms. The predicted octanol–water partition coefficient (Wildman–Crippen LogP) is 3.42. The lowest BCUT2D eigenvalue weighted by atomic mass is 10.0. The maximum atomic E-state index is 13.7. The normalized spacial score (nSPS) is 16.9. The molecule has 1 heterocycles. The standard InChI is InChI=1S/C19H21ClF2N4O/c20-14-3-1-13(2-4-14)18(26-7-9-27-10-8-26)12-24-19(23)25-17-11-15(21)5-6-16(17)22/h1-6,11,18H,7-10,12H2,(H3,23,24,25). The van der Waals surface area contributed by atoms with E-state index in [0.29, 0.717) is 24.8 Å². The zero-order valence-corrected chi connectivity index (χ0v) is 15.4. The Bertz CT molecular complexity index is 795. The van der Waals surface area contributed by atoms with Crippen LogP contribution in [0.5, 0.6) is 0 Å². The van der Waals surface area contributed by atoms with E-state index in [1.54, 1.807) is 0 Å². The third-order valence-corrected chi connectivity index (χ3v) is 4.62. The molecule has 1 aliphatic rings. The monoisotopic (exact) mass is 394 g/mol. The van der Waals surface area contributed by atoms with E-state index in [1.165, 1.54) is 0 Å². The molecule has 27 heavy (non-hydrogen) atoms. The highest BCUT2D eigenvalue weighted by molar-refractivity contribution is 6.30. The molecule has 144 valence electrons. The topological polar surface area (TPSA) is 62.9 Å². The van der Waals surface area contributed by atoms with Gasteiger partial charge < -0.3 is 15.8 Å². The Morgan fingerprint density at radius 3 is 2.59 bits per heavy atom. The van der Waals surface area contributed by atoms with Gasteiger partial charge in [-0.05, 0) is 29.8 Å². The highest BCUT2D eigenvalue weighted by atomic mass is 35.5. The number of rotatable bonds is 5. The molecule has 0 aromatic heterocycles. The number of aliphatic imine (C=N–C) groups is 1. The van der Waals surface area contributed by atoms with Crippen molar-refractivity contribution < 1.29 is 13.5 Å². The molecule has 3 N–H and O–H groups in total. The van der Waals surface area contributed by atoms with Gasteiger partial charge in [-0.1, -0.05) is 23.7 Å². The van der Waals surface area contributed by atoms with Crippen molar-refractivity contribution in [2.45, 2.75) is 6.04 Å². The third kappa shape index (κ3) is 5.38. The van der Waals surface area contributed by atoms with Gasteiger partial charge in [0.05, 0.1) is 31.5 Å². The van der Waals surface area contributed by atoms with E-state index in [4.69, 9.17) is 22.1 Å². The van der Waals surface area contributed by atoms with Gasteiger partial charge in [-0.15, -0.1) is 0 Å². The molecule has 1 aliphatic heterocycles. The van der Waals surface area contributed by atoms with Crippen molar-refractivity contribution in [2.75, 3.05) is 38.2 Å². The number of anilines is 1. The molecular weight excluding hydrogens is 374 g/mol. The van der Waals surface area contributed by atoms with Crippen LogP contribution in [-0.2, 0) is 4.74 Å². The van der Waals surface area contributed by atoms with E-state index in [1.807, 2.05) is 24.3 Å². The quantitative estimate of drug-likeness (QED) is 0.602. The zero-order valence-electron chi connectivity index (χ0n) is 14.7. The van der Waals surface area contributed by atoms with Gasteiger partial charge in [0, 0.05) is 24.2 Å². The molecule has 0 bridgehead atoms. The SMILES string of the molecule is NC(=NCC(c1ccc(Cl)cc1)N1CCOCC1)Nc1cc(F)ccc1F. The minimum Gasteiger partial charge on any atom is -0.379 e. The smallest absolute Gasteiger partial charge is 0.193 e. The average molecular weight is 395 g/mol. The summed E-state index contributed by atoms with van der Waals surface area (Å²) < 4.78 is 32.5. The summed E-state index contributed by atoms with van der Waals surface area (Å²) in [5.74, 6) is -1.14. The second-order valence-electron chi connectivity index (χ2n) is 6.19. The lowest BCUT2D eigenvalue weighted by Crippen LogP contribution is -2.40. The number of guanidine groups is 1. The van der Waals surface area contributed by atoms with Crippen LogP contribution in [-0.4, -0.2) is 43.7 Å². The molecule has 5 nitrogen and oxygen atoms in total. The first-order valence-corrected chi connectivity index (χ1v) is 9.00. The summed E-state index contributed by atoms with van der Waals surface area (Å²) in [4.78, 5) is 6.60. The van der Waals surface area contributed by atoms with E-state index in [9.17, 15) is 8.78 Å². The number of hydrogen-bond donors (Lipinski definition) is 2. The van der Waals surface area contributed by atoms with Crippen molar-refractivity contribution in [3.05, 3.63) is 64.7 Å². The predicted molar refractivity (Wildman–Crippen MR) is 103 cm³/mol. The van der Waals surface area contributed by atoms with Gasteiger partial charge in [0.2, 0.25) is 0 Å². The molecule has 0 aliphatic carbocycles. The molecule has 0 amide bonds. The Labute approximate surface area is 161 Å². The summed E-state index contributed by atoms with van der Waals surface area (Å²) >= 11 is 5.99. The van der Waals surface area contributed by atoms with Crippen LogP contribution in [0.4, 0.5) is 14.5 Å². The van der Waals surface area contributed by atoms with Gasteiger partial charge in [-0.2, -0.15) is 0 Å². The molecule has 1 fully saturated rings. The highest BCUT2D eigenvalue weighted by Gasteiger charge is 2.22. The average Bonchev–Trinajstić information content (AvgIpc) is 2.67. The third-order valence-electron chi connectivity index (χ3n) is 4.37. The van der Waals surface area contributed by atoms with Crippen LogP contribution in [0.25, 0.3) is 0 Å². The van der Waals surface area contributed by atoms with Crippen LogP contribution in [0.3, 0.4) is 0 Å². The summed E-state index contributed by atoms with van der Waals surface area (Å²) in [6, 6.07) is 10.7. The molecule has 0 radical (unpaired) electrons. The molecule has 3 rings (SSSR count). The first-order chi connectivity index (χ1) is 13.0. The molecule has 1 unspecified atom stereocenters. The lowest BCUT2D eigenvalue weighted by molar-refractivity contribution is 0.0180. The van der Waals surface area contributed by atoms with Crippen molar-refractivity contribution in [1.82, 2.24) is 4.90 Å². The Hall–Kier alpha value is -2.22. The van der Waals surface area contributed by atoms with Crippen LogP contribution < -0.4 is 11.1 Å². The van der Waals surface area contributed by atoms with Crippen LogP contribution in [0.1, 0.15) is 11.6 Å². The van der Waals surface area contributed by atoms with Gasteiger partial charge in [-0.25, -0.2) is 8.78 Å². The Morgan fingerprint density at radius 2 is 1.89 bits per heavy atom. The zero-order chi connectivity index (χ0) is 19.2. The van der Waals surface area contributed by atoms with E-state index in [-0.39, 0.29) is 17.7 Å². The second-order valence-corrected chi connectivity index (χ2v) is 6.63. The van der Waals surface area contributed by atoms with E-state index in [0.717, 1.165) is 36.9 Å². The molecular formula is C19H21ClF2N4O. The molecule has 1 atom stereocenters. The number of ether oxygens (including phenoxy) is 1. The summed E-state index contributed by atoms with van der Waals surface area (Å²) in [5, 5.41) is 3.28. The number of nitrogens with one attached hydrogen (secondary N) is 1. The number of morpholine rings is 1. The van der Waals surface area contributed by atoms with Gasteiger partial charge in [0.1, 0.15) is 11.6 Å². The minimum atomic E-state index is -0.600. The van der Waals surface area contributed by atoms with Gasteiger partial charge in [0.25, 0.3) is 0 Å². The number of hydrogen-bond acceptors (Lipinski definition) is 3. The molecule has 2 aromatic rings. The first-order valence-electron chi connectivity index (χ1n) is 8.62. The molecule has 0 spiro atoms. The van der Waals surface area contributed by atoms with E-state index in [2.05, 4.69) is 15.2 Å². The van der Waals surface area contributed by atoms with E-state index < -0.39 is 11.6 Å². The largest absolute Gasteiger partial charge is 0.379 e. The lowest BCUT2D eigenvalue weighted by Gasteiger charge is -2.34. The summed E-state index contributed by atoms with van der Waals surface area (Å²) in [5.41, 5.74) is 6.89. The first kappa shape index (κ1) is 19.5. The van der Waals surface area contributed by atoms with Gasteiger partial charge >= 0.3 is 0 Å². The van der Waals surface area contributed by atoms with Crippen molar-refractivity contribution in [2.24, 2.45) is 10.7 Å². The van der Waals surface area contributed by atoms with Gasteiger partial charge in [-0.3, -0.25) is 9.89 Å². The van der Waals surface area contributed by atoms with Crippen LogP contribution in [0.2, 0.25) is 5.02 Å². The molecule has 2 aromatic carbocycles. The van der Waals surface area contributed by atoms with Gasteiger partial charge in [0.15, 0.2) is 5.96 Å². The van der Waals surface area contributed by atoms with Crippen molar-refractivity contribution in [3.63, 3.8) is 0 Å². The van der Waals surface area contributed by atoms with E-state index >= 15 is 0 Å². The van der Waals surface area contributed by atoms with Crippen molar-refractivity contribution >= 4 is 23.2 Å². The Balaban J connectivity index is 1.75. The molecule has 0 saturated carbocycles. The van der Waals surface area contributed by atoms with Crippen molar-refractivity contribution in [1.29, 1.82) is 0 Å². The number of nitrogens with two attached hydrogens (primary N) is 1. The Morgan fingerprint density at radius 1 is 1.19 bits per heavy atom. The summed E-state index contributed by atoms with van der Waals surface area (Å²) in [7, 11) is 0. The fourth-order valence-corrected chi connectivity index (χ4v) is 3.09. The highest BCUT2D eigenvalue weighted by Crippen LogP contribution is 2.24. The van der Waals surface area contributed by atoms with Crippen molar-refractivity contribution in [3.8, 4) is 0 Å². The summed E-state index contributed by atoms with van der Waals surface area (Å²) in [6.07, 6.45) is 0. The number of benzene rings is 2. The van der Waals surface area contributed by atoms with Crippen LogP contribution in [0, 0.1) is 11.6 Å². The number of nitrogens with zero attached hydrogens (tertiary/aromatic N) is 2. The molecule has 1 saturated heterocycles. The fourth-order valence-electron chi connectivity index (χ4n) is 2.96. The second kappa shape index (κ2) is 9.12. The minimum absolute atomic E-state index is 0.0201. The summed E-state index contributed by atoms with van der Waals surface area (Å²) in [6.45, 7) is 3.20. The van der Waals surface area contributed by atoms with Crippen LogP contribution >= 0.6 is 11.6 Å². The number of halogens is 3. The fraction of sp³-hybridized carbons (Fsp3) is 0.316. The maximum Gasteiger partial charge on any atom is 0.193 e. The maximum absolute atomic E-state index is 13.7. The Kier molecular flexibility index (Phi) is 6.60. The van der Waals surface area contributed by atoms with Crippen LogP contribution in [0.15, 0.2) is 47.5 Å².